The summed E-state index contributed by atoms with van der Waals surface area (Å²) in [5, 5.41) is 12.1. The predicted octanol–water partition coefficient (Wildman–Crippen LogP) is 6.19. The molecule has 0 saturated carbocycles. The lowest BCUT2D eigenvalue weighted by Crippen LogP contribution is -2.31. The molecule has 1 N–H and O–H groups in total. The van der Waals surface area contributed by atoms with Crippen LogP contribution in [0.25, 0.3) is 11.0 Å². The molecule has 1 unspecified atom stereocenters. The van der Waals surface area contributed by atoms with E-state index in [9.17, 15) is 14.7 Å². The molecule has 1 aliphatic heterocycles. The number of ether oxygens (including phenoxy) is 1. The van der Waals surface area contributed by atoms with E-state index in [2.05, 4.69) is 0 Å². The Kier molecular flexibility index (Phi) is 5.38. The fourth-order valence-electron chi connectivity index (χ4n) is 4.19. The van der Waals surface area contributed by atoms with Gasteiger partial charge in [0.25, 0.3) is 5.91 Å². The highest BCUT2D eigenvalue weighted by atomic mass is 35.5. The van der Waals surface area contributed by atoms with Gasteiger partial charge in [-0.3, -0.25) is 14.5 Å². The van der Waals surface area contributed by atoms with E-state index in [1.54, 1.807) is 60.7 Å². The molecule has 1 aliphatic rings. The Morgan fingerprint density at radius 2 is 1.85 bits per heavy atom. The summed E-state index contributed by atoms with van der Waals surface area (Å²) in [4.78, 5) is 28.3. The van der Waals surface area contributed by atoms with E-state index in [4.69, 9.17) is 20.8 Å². The quantitative estimate of drug-likeness (QED) is 0.350. The van der Waals surface area contributed by atoms with Gasteiger partial charge in [-0.15, -0.1) is 0 Å². The van der Waals surface area contributed by atoms with E-state index in [0.717, 1.165) is 10.9 Å². The summed E-state index contributed by atoms with van der Waals surface area (Å²) in [6.45, 7) is 1.85. The summed E-state index contributed by atoms with van der Waals surface area (Å²) in [5.41, 5.74) is 2.34. The summed E-state index contributed by atoms with van der Waals surface area (Å²) in [6, 6.07) is 20.1. The summed E-state index contributed by atoms with van der Waals surface area (Å²) in [7, 11) is 1.53. The van der Waals surface area contributed by atoms with Crippen LogP contribution in [0.4, 0.5) is 5.69 Å². The van der Waals surface area contributed by atoms with Crippen molar-refractivity contribution in [3.05, 3.63) is 106 Å². The first-order valence-electron chi connectivity index (χ1n) is 10.6. The van der Waals surface area contributed by atoms with Crippen LogP contribution in [0.5, 0.6) is 5.75 Å². The van der Waals surface area contributed by atoms with E-state index >= 15 is 0 Å². The molecule has 170 valence electrons. The van der Waals surface area contributed by atoms with E-state index in [-0.39, 0.29) is 11.3 Å². The fourth-order valence-corrected chi connectivity index (χ4v) is 4.36. The molecule has 0 spiro atoms. The average molecular weight is 474 g/mol. The number of methoxy groups -OCH3 is 1. The number of aryl methyl sites for hydroxylation is 1. The number of aliphatic hydroxyl groups is 1. The molecule has 0 radical (unpaired) electrons. The Balaban J connectivity index is 1.68. The molecule has 2 heterocycles. The molecule has 1 atom stereocenters. The highest BCUT2D eigenvalue weighted by Crippen LogP contribution is 2.43. The van der Waals surface area contributed by atoms with E-state index in [1.165, 1.54) is 12.0 Å². The number of benzene rings is 3. The Morgan fingerprint density at radius 1 is 1.06 bits per heavy atom. The zero-order valence-corrected chi connectivity index (χ0v) is 19.2. The maximum Gasteiger partial charge on any atom is 0.294 e. The lowest BCUT2D eigenvalue weighted by molar-refractivity contribution is -0.117. The van der Waals surface area contributed by atoms with Gasteiger partial charge in [0, 0.05) is 16.1 Å². The summed E-state index contributed by atoms with van der Waals surface area (Å²) < 4.78 is 11.1. The monoisotopic (exact) mass is 473 g/mol. The summed E-state index contributed by atoms with van der Waals surface area (Å²) in [6.07, 6.45) is 0. The van der Waals surface area contributed by atoms with Crippen LogP contribution in [0.1, 0.15) is 27.7 Å². The minimum atomic E-state index is -0.915. The van der Waals surface area contributed by atoms with Crippen LogP contribution in [0.3, 0.4) is 0 Å². The zero-order valence-electron chi connectivity index (χ0n) is 18.4. The van der Waals surface area contributed by atoms with Gasteiger partial charge < -0.3 is 14.3 Å². The van der Waals surface area contributed by atoms with E-state index < -0.39 is 23.5 Å². The number of hydrogen-bond donors (Lipinski definition) is 1. The van der Waals surface area contributed by atoms with Crippen LogP contribution in [0.2, 0.25) is 5.02 Å². The highest BCUT2D eigenvalue weighted by molar-refractivity contribution is 6.31. The van der Waals surface area contributed by atoms with Crippen LogP contribution in [0, 0.1) is 6.92 Å². The molecule has 3 aromatic carbocycles. The van der Waals surface area contributed by atoms with Crippen molar-refractivity contribution in [3.63, 3.8) is 0 Å². The second-order valence-corrected chi connectivity index (χ2v) is 8.43. The first-order valence-corrected chi connectivity index (χ1v) is 11.0. The molecule has 4 aromatic rings. The van der Waals surface area contributed by atoms with Crippen LogP contribution in [-0.4, -0.2) is 23.9 Å². The number of nitrogens with zero attached hydrogens (tertiary/aromatic N) is 1. The lowest BCUT2D eigenvalue weighted by Gasteiger charge is -2.27. The Morgan fingerprint density at radius 3 is 2.59 bits per heavy atom. The van der Waals surface area contributed by atoms with Crippen molar-refractivity contribution in [2.75, 3.05) is 12.0 Å². The molecule has 1 aromatic heterocycles. The number of Topliss-reactive ketones (excluding diaryl/α,β-unsaturated/α-hetero) is 1. The van der Waals surface area contributed by atoms with Gasteiger partial charge in [-0.05, 0) is 54.4 Å². The van der Waals surface area contributed by atoms with Crippen LogP contribution in [0.15, 0.2) is 88.5 Å². The number of halogens is 1. The molecule has 6 nitrogen and oxygen atoms in total. The van der Waals surface area contributed by atoms with Gasteiger partial charge in [-0.1, -0.05) is 48.0 Å². The standard InChI is InChI=1S/C27H20ClNO5/c1-15-10-11-18(14-20(15)28)29-24(17-7-5-8-19(12-17)33-2)23(26(31)27(29)32)25(30)22-13-16-6-3-4-9-21(16)34-22/h3-14,24,31H,1-2H3. The van der Waals surface area contributed by atoms with Gasteiger partial charge in [-0.2, -0.15) is 0 Å². The molecule has 7 heteroatoms. The molecular formula is C27H20ClNO5. The summed E-state index contributed by atoms with van der Waals surface area (Å²) >= 11 is 6.34. The van der Waals surface area contributed by atoms with Crippen LogP contribution >= 0.6 is 11.6 Å². The van der Waals surface area contributed by atoms with Gasteiger partial charge >= 0.3 is 0 Å². The third kappa shape index (κ3) is 3.53. The minimum Gasteiger partial charge on any atom is -0.503 e. The number of rotatable bonds is 5. The molecule has 0 fully saturated rings. The second kappa shape index (κ2) is 8.39. The molecule has 5 rings (SSSR count). The number of aliphatic hydroxyl groups excluding tert-OH is 1. The van der Waals surface area contributed by atoms with Crippen molar-refractivity contribution in [3.8, 4) is 5.75 Å². The van der Waals surface area contributed by atoms with Crippen LogP contribution in [-0.2, 0) is 4.79 Å². The molecule has 0 bridgehead atoms. The number of furan rings is 1. The van der Waals surface area contributed by atoms with Crippen molar-refractivity contribution < 1.29 is 23.8 Å². The second-order valence-electron chi connectivity index (χ2n) is 8.03. The van der Waals surface area contributed by atoms with Crippen molar-refractivity contribution >= 4 is 39.9 Å². The smallest absolute Gasteiger partial charge is 0.294 e. The number of anilines is 1. The fraction of sp³-hybridized carbons (Fsp3) is 0.111. The van der Waals surface area contributed by atoms with Gasteiger partial charge in [-0.25, -0.2) is 0 Å². The predicted molar refractivity (Wildman–Crippen MR) is 130 cm³/mol. The van der Waals surface area contributed by atoms with Crippen molar-refractivity contribution in [2.45, 2.75) is 13.0 Å². The lowest BCUT2D eigenvalue weighted by atomic mass is 9.94. The zero-order chi connectivity index (χ0) is 24.0. The largest absolute Gasteiger partial charge is 0.503 e. The third-order valence-corrected chi connectivity index (χ3v) is 6.35. The number of fused-ring (bicyclic) bond motifs is 1. The topological polar surface area (TPSA) is 80.0 Å². The number of ketones is 1. The van der Waals surface area contributed by atoms with Gasteiger partial charge in [0.05, 0.1) is 18.7 Å². The molecule has 1 amide bonds. The normalized spacial score (nSPS) is 15.9. The Labute approximate surface area is 200 Å². The minimum absolute atomic E-state index is 0.0345. The maximum absolute atomic E-state index is 13.7. The van der Waals surface area contributed by atoms with Gasteiger partial charge in [0.15, 0.2) is 11.5 Å². The Bertz CT molecular complexity index is 1450. The molecule has 34 heavy (non-hydrogen) atoms. The number of amides is 1. The van der Waals surface area contributed by atoms with Gasteiger partial charge in [0.2, 0.25) is 5.78 Å². The number of carbonyl (C=O) groups excluding carboxylic acids is 2. The molecular weight excluding hydrogens is 454 g/mol. The molecule has 0 aliphatic carbocycles. The number of hydrogen-bond acceptors (Lipinski definition) is 5. The maximum atomic E-state index is 13.7. The third-order valence-electron chi connectivity index (χ3n) is 5.95. The van der Waals surface area contributed by atoms with Crippen molar-refractivity contribution in [1.29, 1.82) is 0 Å². The van der Waals surface area contributed by atoms with E-state index in [1.807, 2.05) is 19.1 Å². The first-order chi connectivity index (χ1) is 16.4. The SMILES string of the molecule is COc1cccc(C2C(C(=O)c3cc4ccccc4o3)=C(O)C(=O)N2c2ccc(C)c(Cl)c2)c1. The molecule has 0 saturated heterocycles. The average Bonchev–Trinajstić information content (AvgIpc) is 3.40. The first kappa shape index (κ1) is 21.8. The van der Waals surface area contributed by atoms with Gasteiger partial charge in [0.1, 0.15) is 11.3 Å². The number of carbonyl (C=O) groups is 2. The number of para-hydroxylation sites is 1. The summed E-state index contributed by atoms with van der Waals surface area (Å²) in [5.74, 6) is -1.32. The van der Waals surface area contributed by atoms with Crippen LogP contribution < -0.4 is 9.64 Å². The van der Waals surface area contributed by atoms with E-state index in [0.29, 0.717) is 27.6 Å². The Hall–Kier alpha value is -4.03. The van der Waals surface area contributed by atoms with Crippen molar-refractivity contribution in [2.24, 2.45) is 0 Å². The van der Waals surface area contributed by atoms with Crippen molar-refractivity contribution in [1.82, 2.24) is 0 Å². The highest BCUT2D eigenvalue weighted by Gasteiger charge is 2.45.